The second kappa shape index (κ2) is 8.00. The lowest BCUT2D eigenvalue weighted by atomic mass is 9.83. The van der Waals surface area contributed by atoms with E-state index in [1.165, 1.54) is 36.4 Å². The first-order valence-corrected chi connectivity index (χ1v) is 11.7. The van der Waals surface area contributed by atoms with Crippen molar-refractivity contribution >= 4 is 52.7 Å². The first kappa shape index (κ1) is 21.9. The lowest BCUT2D eigenvalue weighted by Crippen LogP contribution is -2.44. The number of amides is 2. The quantitative estimate of drug-likeness (QED) is 0.373. The van der Waals surface area contributed by atoms with Crippen molar-refractivity contribution in [3.05, 3.63) is 99.3 Å². The molecule has 35 heavy (non-hydrogen) atoms. The molecule has 0 N–H and O–H groups in total. The zero-order valence-electron chi connectivity index (χ0n) is 17.9. The number of ketones is 1. The molecule has 3 aliphatic heterocycles. The van der Waals surface area contributed by atoms with Crippen molar-refractivity contribution in [2.75, 3.05) is 4.90 Å². The van der Waals surface area contributed by atoms with E-state index in [0.717, 1.165) is 16.0 Å². The number of Topliss-reactive ketones (excluding diaryl/α,β-unsaturated/α-hetero) is 1. The van der Waals surface area contributed by atoms with Gasteiger partial charge in [-0.3, -0.25) is 19.4 Å². The Morgan fingerprint density at radius 3 is 2.37 bits per heavy atom. The highest BCUT2D eigenvalue weighted by molar-refractivity contribution is 6.38. The number of benzene rings is 3. The summed E-state index contributed by atoms with van der Waals surface area (Å²) in [5, 5.41) is 6.58. The Balaban J connectivity index is 1.50. The van der Waals surface area contributed by atoms with Gasteiger partial charge >= 0.3 is 0 Å². The number of halogens is 3. The van der Waals surface area contributed by atoms with Crippen molar-refractivity contribution in [3.8, 4) is 0 Å². The maximum absolute atomic E-state index is 13.8. The van der Waals surface area contributed by atoms with Gasteiger partial charge in [0.15, 0.2) is 5.78 Å². The third-order valence-corrected chi connectivity index (χ3v) is 7.38. The Hall–Kier alpha value is -3.55. The molecule has 174 valence electrons. The lowest BCUT2D eigenvalue weighted by molar-refractivity contribution is -0.124. The summed E-state index contributed by atoms with van der Waals surface area (Å²) in [6.07, 6.45) is 1.63. The minimum absolute atomic E-state index is 0.152. The highest BCUT2D eigenvalue weighted by Gasteiger charge is 2.65. The number of hydrogen-bond acceptors (Lipinski definition) is 5. The van der Waals surface area contributed by atoms with Crippen molar-refractivity contribution in [1.82, 2.24) is 5.01 Å². The molecule has 3 aliphatic rings. The minimum Gasteiger partial charge on any atom is -0.292 e. The summed E-state index contributed by atoms with van der Waals surface area (Å²) in [5.74, 6) is -3.75. The molecule has 6 rings (SSSR count). The molecule has 2 fully saturated rings. The smallest absolute Gasteiger partial charge is 0.240 e. The van der Waals surface area contributed by atoms with Crippen LogP contribution in [0.1, 0.15) is 27.5 Å². The van der Waals surface area contributed by atoms with Crippen molar-refractivity contribution in [2.24, 2.45) is 16.9 Å². The van der Waals surface area contributed by atoms with Crippen LogP contribution >= 0.6 is 23.2 Å². The number of fused-ring (bicyclic) bond motifs is 5. The summed E-state index contributed by atoms with van der Waals surface area (Å²) >= 11 is 12.4. The fraction of sp³-hybridized carbons (Fsp3) is 0.154. The predicted molar refractivity (Wildman–Crippen MR) is 129 cm³/mol. The van der Waals surface area contributed by atoms with Gasteiger partial charge in [-0.25, -0.2) is 9.29 Å². The average Bonchev–Trinajstić information content (AvgIpc) is 3.32. The summed E-state index contributed by atoms with van der Waals surface area (Å²) in [5.41, 5.74) is 2.06. The summed E-state index contributed by atoms with van der Waals surface area (Å²) in [6, 6.07) is 15.4. The highest BCUT2D eigenvalue weighted by atomic mass is 35.5. The number of carbonyl (C=O) groups is 3. The second-order valence-electron chi connectivity index (χ2n) is 8.67. The minimum atomic E-state index is -1.05. The highest BCUT2D eigenvalue weighted by Crippen LogP contribution is 2.53. The van der Waals surface area contributed by atoms with Crippen LogP contribution in [0.25, 0.3) is 0 Å². The summed E-state index contributed by atoms with van der Waals surface area (Å²) in [6.45, 7) is 0. The number of anilines is 1. The average molecular weight is 508 g/mol. The third-order valence-electron chi connectivity index (χ3n) is 6.84. The Morgan fingerprint density at radius 1 is 0.914 bits per heavy atom. The summed E-state index contributed by atoms with van der Waals surface area (Å²) in [4.78, 5) is 42.4. The molecule has 3 heterocycles. The number of rotatable bonds is 3. The number of hydrogen-bond donors (Lipinski definition) is 0. The number of carbonyl (C=O) groups excluding carboxylic acids is 3. The van der Waals surface area contributed by atoms with Gasteiger partial charge in [0.2, 0.25) is 11.8 Å². The Kier molecular flexibility index (Phi) is 5.02. The lowest BCUT2D eigenvalue weighted by Gasteiger charge is -2.33. The van der Waals surface area contributed by atoms with Gasteiger partial charge in [-0.1, -0.05) is 47.5 Å². The van der Waals surface area contributed by atoms with E-state index >= 15 is 0 Å². The fourth-order valence-corrected chi connectivity index (χ4v) is 5.85. The molecule has 9 heteroatoms. The van der Waals surface area contributed by atoms with E-state index in [9.17, 15) is 18.8 Å². The van der Waals surface area contributed by atoms with Crippen LogP contribution in [0.15, 0.2) is 71.8 Å². The van der Waals surface area contributed by atoms with Crippen LogP contribution in [-0.2, 0) is 9.59 Å². The molecule has 0 bridgehead atoms. The molecule has 0 spiro atoms. The van der Waals surface area contributed by atoms with Crippen LogP contribution in [0.4, 0.5) is 10.1 Å². The van der Waals surface area contributed by atoms with E-state index in [-0.39, 0.29) is 16.3 Å². The predicted octanol–water partition coefficient (Wildman–Crippen LogP) is 4.89. The molecule has 0 radical (unpaired) electrons. The van der Waals surface area contributed by atoms with E-state index in [1.54, 1.807) is 17.3 Å². The summed E-state index contributed by atoms with van der Waals surface area (Å²) < 4.78 is 13.5. The number of hydrazone groups is 1. The van der Waals surface area contributed by atoms with Gasteiger partial charge in [0.25, 0.3) is 0 Å². The number of imide groups is 1. The molecule has 1 unspecified atom stereocenters. The van der Waals surface area contributed by atoms with Gasteiger partial charge < -0.3 is 0 Å². The zero-order chi connectivity index (χ0) is 24.4. The van der Waals surface area contributed by atoms with Crippen molar-refractivity contribution in [2.45, 2.75) is 12.1 Å². The van der Waals surface area contributed by atoms with E-state index in [4.69, 9.17) is 23.2 Å². The van der Waals surface area contributed by atoms with Crippen LogP contribution in [0, 0.1) is 17.7 Å². The van der Waals surface area contributed by atoms with E-state index in [0.29, 0.717) is 5.02 Å². The Morgan fingerprint density at radius 2 is 1.63 bits per heavy atom. The molecule has 0 saturated carbocycles. The van der Waals surface area contributed by atoms with Crippen LogP contribution in [0.2, 0.25) is 10.0 Å². The SMILES string of the molecule is O=C(c1ccc(F)cc1)[C@H]1[C@H]2C(=O)N(c3ccc(Cl)cc3Cl)C(=O)[C@H]2C2c3ccccc3C=NN21. The van der Waals surface area contributed by atoms with Crippen LogP contribution in [-0.4, -0.2) is 34.9 Å². The van der Waals surface area contributed by atoms with Crippen molar-refractivity contribution < 1.29 is 18.8 Å². The van der Waals surface area contributed by atoms with Gasteiger partial charge in [0.1, 0.15) is 11.9 Å². The summed E-state index contributed by atoms with van der Waals surface area (Å²) in [7, 11) is 0. The zero-order valence-corrected chi connectivity index (χ0v) is 19.4. The maximum atomic E-state index is 13.8. The van der Waals surface area contributed by atoms with Crippen LogP contribution in [0.5, 0.6) is 0 Å². The Labute approximate surface area is 209 Å². The third kappa shape index (κ3) is 3.22. The maximum Gasteiger partial charge on any atom is 0.240 e. The van der Waals surface area contributed by atoms with Crippen molar-refractivity contribution in [3.63, 3.8) is 0 Å². The van der Waals surface area contributed by atoms with Gasteiger partial charge in [-0.05, 0) is 53.6 Å². The van der Waals surface area contributed by atoms with Gasteiger partial charge in [0, 0.05) is 10.6 Å². The molecule has 2 amide bonds. The molecular formula is C26H16Cl2FN3O3. The molecule has 3 aromatic carbocycles. The molecule has 4 atom stereocenters. The molecule has 2 saturated heterocycles. The second-order valence-corrected chi connectivity index (χ2v) is 9.52. The van der Waals surface area contributed by atoms with Gasteiger partial charge in [-0.2, -0.15) is 5.10 Å². The Bertz CT molecular complexity index is 1440. The van der Waals surface area contributed by atoms with Gasteiger partial charge in [0.05, 0.1) is 34.8 Å². The van der Waals surface area contributed by atoms with E-state index in [1.807, 2.05) is 24.3 Å². The van der Waals surface area contributed by atoms with Crippen LogP contribution in [0.3, 0.4) is 0 Å². The van der Waals surface area contributed by atoms with Crippen molar-refractivity contribution in [1.29, 1.82) is 0 Å². The molecule has 6 nitrogen and oxygen atoms in total. The molecule has 0 aliphatic carbocycles. The molecule has 0 aromatic heterocycles. The first-order valence-electron chi connectivity index (χ1n) is 10.9. The standard InChI is InChI=1S/C26H16Cl2FN3O3/c27-15-7-10-19(18(28)11-15)31-25(34)20-21(26(31)35)23(24(33)13-5-8-16(29)9-6-13)32-22(20)17-4-2-1-3-14(17)12-30-32/h1-12,20-23H/t20-,21+,22?,23-/m1/s1. The topological polar surface area (TPSA) is 70.0 Å². The molecule has 3 aromatic rings. The first-order chi connectivity index (χ1) is 16.9. The normalized spacial score (nSPS) is 24.4. The van der Waals surface area contributed by atoms with E-state index in [2.05, 4.69) is 5.10 Å². The van der Waals surface area contributed by atoms with E-state index < -0.39 is 47.3 Å². The van der Waals surface area contributed by atoms with Gasteiger partial charge in [-0.15, -0.1) is 0 Å². The van der Waals surface area contributed by atoms with Crippen LogP contribution < -0.4 is 4.90 Å². The monoisotopic (exact) mass is 507 g/mol. The fourth-order valence-electron chi connectivity index (χ4n) is 5.35. The molecular weight excluding hydrogens is 492 g/mol. The largest absolute Gasteiger partial charge is 0.292 e. The number of nitrogens with zero attached hydrogens (tertiary/aromatic N) is 3.